The van der Waals surface area contributed by atoms with Gasteiger partial charge in [-0.15, -0.1) is 0 Å². The molecule has 4 nitrogen and oxygen atoms in total. The van der Waals surface area contributed by atoms with Crippen LogP contribution in [-0.4, -0.2) is 10.9 Å². The number of nitrogens with one attached hydrogen (secondary N) is 1. The summed E-state index contributed by atoms with van der Waals surface area (Å²) in [4.78, 5) is 17.2. The third-order valence-electron chi connectivity index (χ3n) is 5.46. The maximum atomic E-state index is 13.0. The van der Waals surface area contributed by atoms with E-state index in [2.05, 4.69) is 10.3 Å². The van der Waals surface area contributed by atoms with Gasteiger partial charge in [0, 0.05) is 11.2 Å². The normalized spacial score (nSPS) is 11.6. The molecule has 0 spiro atoms. The second-order valence-electron chi connectivity index (χ2n) is 7.92. The van der Waals surface area contributed by atoms with Crippen molar-refractivity contribution in [2.75, 3.05) is 0 Å². The van der Waals surface area contributed by atoms with Gasteiger partial charge in [0.15, 0.2) is 0 Å². The summed E-state index contributed by atoms with van der Waals surface area (Å²) in [6.45, 7) is 3.91. The quantitative estimate of drug-likeness (QED) is 0.341. The SMILES string of the molecule is Cc1cc(Cl)ccc1C(NC(=O)Cc1ccc(Oc2cccnc2C)cc1)c1ccccc1. The molecule has 1 unspecified atom stereocenters. The van der Waals surface area contributed by atoms with Crippen LogP contribution in [0.5, 0.6) is 11.5 Å². The van der Waals surface area contributed by atoms with E-state index in [0.717, 1.165) is 27.9 Å². The molecule has 5 heteroatoms. The molecule has 0 aliphatic rings. The van der Waals surface area contributed by atoms with Crippen LogP contribution in [-0.2, 0) is 11.2 Å². The molecule has 1 N–H and O–H groups in total. The molecule has 1 aromatic heterocycles. The third kappa shape index (κ3) is 5.79. The lowest BCUT2D eigenvalue weighted by atomic mass is 9.94. The summed E-state index contributed by atoms with van der Waals surface area (Å²) >= 11 is 6.15. The molecule has 33 heavy (non-hydrogen) atoms. The van der Waals surface area contributed by atoms with Crippen molar-refractivity contribution in [2.24, 2.45) is 0 Å². The molecule has 0 saturated heterocycles. The van der Waals surface area contributed by atoms with E-state index in [1.54, 1.807) is 6.20 Å². The number of carbonyl (C=O) groups excluding carboxylic acids is 1. The average molecular weight is 457 g/mol. The fraction of sp³-hybridized carbons (Fsp3) is 0.143. The number of ether oxygens (including phenoxy) is 1. The lowest BCUT2D eigenvalue weighted by molar-refractivity contribution is -0.120. The van der Waals surface area contributed by atoms with E-state index in [9.17, 15) is 4.79 Å². The van der Waals surface area contributed by atoms with Gasteiger partial charge in [0.2, 0.25) is 5.91 Å². The molecule has 0 bridgehead atoms. The summed E-state index contributed by atoms with van der Waals surface area (Å²) < 4.78 is 5.90. The summed E-state index contributed by atoms with van der Waals surface area (Å²) in [6.07, 6.45) is 2.00. The van der Waals surface area contributed by atoms with Crippen LogP contribution in [0, 0.1) is 13.8 Å². The highest BCUT2D eigenvalue weighted by Gasteiger charge is 2.19. The van der Waals surface area contributed by atoms with Crippen molar-refractivity contribution >= 4 is 17.5 Å². The topological polar surface area (TPSA) is 51.2 Å². The zero-order chi connectivity index (χ0) is 23.2. The maximum Gasteiger partial charge on any atom is 0.225 e. The lowest BCUT2D eigenvalue weighted by Gasteiger charge is -2.22. The predicted octanol–water partition coefficient (Wildman–Crippen LogP) is 6.59. The maximum absolute atomic E-state index is 13.0. The Hall–Kier alpha value is -3.63. The van der Waals surface area contributed by atoms with E-state index < -0.39 is 0 Å². The van der Waals surface area contributed by atoms with Crippen LogP contribution in [0.25, 0.3) is 0 Å². The smallest absolute Gasteiger partial charge is 0.225 e. The number of nitrogens with zero attached hydrogens (tertiary/aromatic N) is 1. The molecule has 166 valence electrons. The van der Waals surface area contributed by atoms with Crippen LogP contribution < -0.4 is 10.1 Å². The molecule has 1 amide bonds. The summed E-state index contributed by atoms with van der Waals surface area (Å²) in [5.41, 5.74) is 4.80. The Kier molecular flexibility index (Phi) is 7.06. The molecule has 0 radical (unpaired) electrons. The summed E-state index contributed by atoms with van der Waals surface area (Å²) in [5.74, 6) is 1.36. The summed E-state index contributed by atoms with van der Waals surface area (Å²) in [7, 11) is 0. The third-order valence-corrected chi connectivity index (χ3v) is 5.69. The highest BCUT2D eigenvalue weighted by molar-refractivity contribution is 6.30. The van der Waals surface area contributed by atoms with E-state index in [-0.39, 0.29) is 18.4 Å². The Morgan fingerprint density at radius 3 is 2.42 bits per heavy atom. The van der Waals surface area contributed by atoms with Crippen LogP contribution >= 0.6 is 11.6 Å². The molecule has 0 fully saturated rings. The second-order valence-corrected chi connectivity index (χ2v) is 8.36. The Morgan fingerprint density at radius 2 is 1.73 bits per heavy atom. The number of aromatic nitrogens is 1. The van der Waals surface area contributed by atoms with Crippen LogP contribution in [0.4, 0.5) is 0 Å². The van der Waals surface area contributed by atoms with Crippen molar-refractivity contribution in [3.05, 3.63) is 124 Å². The average Bonchev–Trinajstić information content (AvgIpc) is 2.81. The highest BCUT2D eigenvalue weighted by Crippen LogP contribution is 2.28. The number of halogens is 1. The van der Waals surface area contributed by atoms with Gasteiger partial charge in [-0.2, -0.15) is 0 Å². The number of pyridine rings is 1. The van der Waals surface area contributed by atoms with Crippen LogP contribution in [0.3, 0.4) is 0 Å². The molecular formula is C28H25ClN2O2. The van der Waals surface area contributed by atoms with Crippen molar-refractivity contribution < 1.29 is 9.53 Å². The molecule has 0 aliphatic heterocycles. The van der Waals surface area contributed by atoms with Crippen molar-refractivity contribution in [2.45, 2.75) is 26.3 Å². The number of carbonyl (C=O) groups is 1. The van der Waals surface area contributed by atoms with Crippen LogP contribution in [0.1, 0.15) is 34.0 Å². The molecule has 0 aliphatic carbocycles. The zero-order valence-electron chi connectivity index (χ0n) is 18.6. The van der Waals surface area contributed by atoms with Gasteiger partial charge in [0.1, 0.15) is 11.5 Å². The van der Waals surface area contributed by atoms with E-state index in [0.29, 0.717) is 16.5 Å². The zero-order valence-corrected chi connectivity index (χ0v) is 19.3. The number of hydrogen-bond donors (Lipinski definition) is 1. The van der Waals surface area contributed by atoms with Gasteiger partial charge in [0.25, 0.3) is 0 Å². The number of hydrogen-bond acceptors (Lipinski definition) is 3. The summed E-state index contributed by atoms with van der Waals surface area (Å²) in [5, 5.41) is 3.88. The Labute approximate surface area is 199 Å². The Bertz CT molecular complexity index is 1240. The molecule has 3 aromatic carbocycles. The van der Waals surface area contributed by atoms with E-state index >= 15 is 0 Å². The van der Waals surface area contributed by atoms with E-state index in [1.165, 1.54) is 0 Å². The van der Waals surface area contributed by atoms with Gasteiger partial charge in [-0.1, -0.05) is 60.1 Å². The minimum absolute atomic E-state index is 0.0602. The monoisotopic (exact) mass is 456 g/mol. The first-order chi connectivity index (χ1) is 16.0. The van der Waals surface area contributed by atoms with Gasteiger partial charge in [-0.25, -0.2) is 0 Å². The molecule has 4 aromatic rings. The predicted molar refractivity (Wildman–Crippen MR) is 132 cm³/mol. The Morgan fingerprint density at radius 1 is 0.970 bits per heavy atom. The van der Waals surface area contributed by atoms with E-state index in [4.69, 9.17) is 16.3 Å². The number of benzene rings is 3. The fourth-order valence-corrected chi connectivity index (χ4v) is 3.95. The first-order valence-electron chi connectivity index (χ1n) is 10.8. The number of aryl methyl sites for hydroxylation is 2. The van der Waals surface area contributed by atoms with Crippen molar-refractivity contribution in [3.63, 3.8) is 0 Å². The minimum Gasteiger partial charge on any atom is -0.455 e. The first-order valence-corrected chi connectivity index (χ1v) is 11.2. The summed E-state index contributed by atoms with van der Waals surface area (Å²) in [6, 6.07) is 26.7. The fourth-order valence-electron chi connectivity index (χ4n) is 3.73. The number of rotatable bonds is 7. The van der Waals surface area contributed by atoms with Crippen molar-refractivity contribution in [1.82, 2.24) is 10.3 Å². The van der Waals surface area contributed by atoms with Gasteiger partial charge in [0.05, 0.1) is 18.2 Å². The first kappa shape index (κ1) is 22.6. The van der Waals surface area contributed by atoms with E-state index in [1.807, 2.05) is 98.8 Å². The molecule has 4 rings (SSSR count). The number of amides is 1. The van der Waals surface area contributed by atoms with Crippen molar-refractivity contribution in [3.8, 4) is 11.5 Å². The van der Waals surface area contributed by atoms with Crippen LogP contribution in [0.15, 0.2) is 91.1 Å². The van der Waals surface area contributed by atoms with Crippen molar-refractivity contribution in [1.29, 1.82) is 0 Å². The lowest BCUT2D eigenvalue weighted by Crippen LogP contribution is -2.31. The van der Waals surface area contributed by atoms with Gasteiger partial charge >= 0.3 is 0 Å². The highest BCUT2D eigenvalue weighted by atomic mass is 35.5. The van der Waals surface area contributed by atoms with Gasteiger partial charge < -0.3 is 10.1 Å². The molecule has 0 saturated carbocycles. The standard InChI is InChI=1S/C28H25ClN2O2/c1-19-17-23(29)12-15-25(19)28(22-7-4-3-5-8-22)31-27(32)18-21-10-13-24(14-11-21)33-26-9-6-16-30-20(26)2/h3-17,28H,18H2,1-2H3,(H,31,32). The Balaban J connectivity index is 1.48. The second kappa shape index (κ2) is 10.3. The largest absolute Gasteiger partial charge is 0.455 e. The van der Waals surface area contributed by atoms with Crippen LogP contribution in [0.2, 0.25) is 5.02 Å². The molecule has 1 atom stereocenters. The molecular weight excluding hydrogens is 432 g/mol. The van der Waals surface area contributed by atoms with Gasteiger partial charge in [-0.3, -0.25) is 9.78 Å². The van der Waals surface area contributed by atoms with Gasteiger partial charge in [-0.05, 0) is 72.5 Å². The molecule has 1 heterocycles. The minimum atomic E-state index is -0.257.